The van der Waals surface area contributed by atoms with Crippen LogP contribution in [-0.4, -0.2) is 29.3 Å². The third-order valence-electron chi connectivity index (χ3n) is 4.75. The highest BCUT2D eigenvalue weighted by Crippen LogP contribution is 2.24. The van der Waals surface area contributed by atoms with E-state index in [0.717, 1.165) is 15.9 Å². The molecular weight excluding hydrogens is 358 g/mol. The minimum Gasteiger partial charge on any atom is -0.459 e. The van der Waals surface area contributed by atoms with Crippen molar-refractivity contribution in [2.24, 2.45) is 0 Å². The van der Waals surface area contributed by atoms with E-state index in [2.05, 4.69) is 10.6 Å². The number of hydrogen-bond donors (Lipinski definition) is 2. The Hall–Kier alpha value is -3.61. The zero-order valence-electron chi connectivity index (χ0n) is 15.3. The van der Waals surface area contributed by atoms with Crippen LogP contribution >= 0.6 is 0 Å². The number of imide groups is 1. The molecule has 0 bridgehead atoms. The molecule has 3 aromatic rings. The van der Waals surface area contributed by atoms with Crippen molar-refractivity contribution in [1.82, 2.24) is 15.5 Å². The third kappa shape index (κ3) is 3.34. The van der Waals surface area contributed by atoms with Gasteiger partial charge in [0, 0.05) is 10.9 Å². The quantitative estimate of drug-likeness (QED) is 0.669. The summed E-state index contributed by atoms with van der Waals surface area (Å²) < 4.78 is 5.81. The fourth-order valence-corrected chi connectivity index (χ4v) is 3.23. The first-order chi connectivity index (χ1) is 13.5. The van der Waals surface area contributed by atoms with E-state index in [1.807, 2.05) is 37.3 Å². The molecule has 0 radical (unpaired) electrons. The highest BCUT2D eigenvalue weighted by Gasteiger charge is 2.29. The monoisotopic (exact) mass is 377 g/mol. The summed E-state index contributed by atoms with van der Waals surface area (Å²) in [6, 6.07) is 15.7. The molecule has 2 aromatic carbocycles. The first-order valence-electron chi connectivity index (χ1n) is 8.98. The van der Waals surface area contributed by atoms with Crippen molar-refractivity contribution in [3.8, 4) is 0 Å². The largest absolute Gasteiger partial charge is 0.459 e. The third-order valence-corrected chi connectivity index (χ3v) is 4.75. The second-order valence-electron chi connectivity index (χ2n) is 6.68. The maximum atomic E-state index is 12.8. The molecule has 1 saturated heterocycles. The molecule has 1 aliphatic rings. The molecule has 1 fully saturated rings. The van der Waals surface area contributed by atoms with Gasteiger partial charge in [-0.05, 0) is 30.7 Å². The van der Waals surface area contributed by atoms with Crippen LogP contribution in [0.2, 0.25) is 0 Å². The number of rotatable bonds is 5. The number of benzene rings is 2. The molecule has 0 spiro atoms. The number of fused-ring (bicyclic) bond motifs is 1. The highest BCUT2D eigenvalue weighted by molar-refractivity contribution is 6.02. The van der Waals surface area contributed by atoms with Gasteiger partial charge in [-0.25, -0.2) is 4.79 Å². The van der Waals surface area contributed by atoms with Gasteiger partial charge in [-0.2, -0.15) is 0 Å². The number of para-hydroxylation sites is 1. The average Bonchev–Trinajstić information content (AvgIpc) is 3.27. The van der Waals surface area contributed by atoms with Gasteiger partial charge in [0.2, 0.25) is 5.91 Å². The molecule has 7 nitrogen and oxygen atoms in total. The minimum atomic E-state index is -0.448. The van der Waals surface area contributed by atoms with E-state index < -0.39 is 6.03 Å². The van der Waals surface area contributed by atoms with Crippen molar-refractivity contribution < 1.29 is 18.8 Å². The highest BCUT2D eigenvalue weighted by atomic mass is 16.3. The smallest absolute Gasteiger partial charge is 0.324 e. The van der Waals surface area contributed by atoms with E-state index in [1.165, 1.54) is 0 Å². The van der Waals surface area contributed by atoms with E-state index in [0.29, 0.717) is 16.9 Å². The molecule has 1 aromatic heterocycles. The number of nitrogens with one attached hydrogen (secondary N) is 2. The van der Waals surface area contributed by atoms with Crippen LogP contribution in [0.25, 0.3) is 11.0 Å². The lowest BCUT2D eigenvalue weighted by Gasteiger charge is -2.17. The van der Waals surface area contributed by atoms with Gasteiger partial charge in [0.15, 0.2) is 0 Å². The van der Waals surface area contributed by atoms with Crippen molar-refractivity contribution in [1.29, 1.82) is 0 Å². The van der Waals surface area contributed by atoms with Crippen LogP contribution < -0.4 is 10.6 Å². The Kier molecular flexibility index (Phi) is 4.57. The summed E-state index contributed by atoms with van der Waals surface area (Å²) in [5.41, 5.74) is 1.78. The van der Waals surface area contributed by atoms with Crippen molar-refractivity contribution in [3.63, 3.8) is 0 Å². The van der Waals surface area contributed by atoms with E-state index in [4.69, 9.17) is 4.42 Å². The lowest BCUT2D eigenvalue weighted by Crippen LogP contribution is -2.32. The summed E-state index contributed by atoms with van der Waals surface area (Å²) in [6.07, 6.45) is 0. The summed E-state index contributed by atoms with van der Waals surface area (Å²) in [4.78, 5) is 37.6. The minimum absolute atomic E-state index is 0.0176. The Morgan fingerprint density at radius 3 is 2.68 bits per heavy atom. The number of nitrogens with zero attached hydrogens (tertiary/aromatic N) is 1. The molecule has 2 heterocycles. The Balaban J connectivity index is 1.53. The number of hydrogen-bond acceptors (Lipinski definition) is 4. The molecule has 4 rings (SSSR count). The van der Waals surface area contributed by atoms with Crippen molar-refractivity contribution in [3.05, 3.63) is 71.5 Å². The summed E-state index contributed by atoms with van der Waals surface area (Å²) in [5, 5.41) is 6.37. The van der Waals surface area contributed by atoms with E-state index >= 15 is 0 Å². The van der Waals surface area contributed by atoms with E-state index in [9.17, 15) is 14.4 Å². The van der Waals surface area contributed by atoms with E-state index in [-0.39, 0.29) is 30.9 Å². The molecular formula is C21H19N3O4. The molecule has 4 amide bonds. The Labute approximate surface area is 161 Å². The summed E-state index contributed by atoms with van der Waals surface area (Å²) in [6.45, 7) is 1.87. The van der Waals surface area contributed by atoms with Gasteiger partial charge in [-0.15, -0.1) is 0 Å². The molecule has 28 heavy (non-hydrogen) atoms. The Morgan fingerprint density at radius 2 is 1.93 bits per heavy atom. The van der Waals surface area contributed by atoms with Crippen LogP contribution in [0.15, 0.2) is 59.0 Å². The second-order valence-corrected chi connectivity index (χ2v) is 6.68. The normalized spacial score (nSPS) is 15.0. The maximum absolute atomic E-state index is 12.8. The Bertz CT molecular complexity index is 1020. The number of furan rings is 1. The first-order valence-corrected chi connectivity index (χ1v) is 8.98. The van der Waals surface area contributed by atoms with Crippen LogP contribution in [-0.2, 0) is 11.3 Å². The number of carbonyl (C=O) groups excluding carboxylic acids is 3. The fourth-order valence-electron chi connectivity index (χ4n) is 3.23. The van der Waals surface area contributed by atoms with Crippen molar-refractivity contribution in [2.75, 3.05) is 6.54 Å². The predicted octanol–water partition coefficient (Wildman–Crippen LogP) is 2.98. The van der Waals surface area contributed by atoms with Crippen LogP contribution in [0.3, 0.4) is 0 Å². The molecule has 1 atom stereocenters. The fraction of sp³-hybridized carbons (Fsp3) is 0.190. The van der Waals surface area contributed by atoms with Gasteiger partial charge in [-0.3, -0.25) is 14.5 Å². The number of amides is 4. The first kappa shape index (κ1) is 17.8. The molecule has 142 valence electrons. The van der Waals surface area contributed by atoms with Crippen molar-refractivity contribution in [2.45, 2.75) is 19.5 Å². The average molecular weight is 377 g/mol. The van der Waals surface area contributed by atoms with Gasteiger partial charge in [0.25, 0.3) is 5.91 Å². The lowest BCUT2D eigenvalue weighted by atomic mass is 10.1. The van der Waals surface area contributed by atoms with Gasteiger partial charge in [0.05, 0.1) is 19.1 Å². The standard InChI is InChI=1S/C21H19N3O4/c1-13(18-10-14-6-3-5-9-17(14)28-18)23-20(26)16-8-4-2-7-15(16)12-24-19(25)11-22-21(24)27/h2-10,13H,11-12H2,1H3,(H,22,27)(H,23,26). The second kappa shape index (κ2) is 7.19. The zero-order chi connectivity index (χ0) is 19.7. The molecule has 7 heteroatoms. The Morgan fingerprint density at radius 1 is 1.18 bits per heavy atom. The molecule has 1 aliphatic heterocycles. The number of carbonyl (C=O) groups is 3. The molecule has 1 unspecified atom stereocenters. The molecule has 0 saturated carbocycles. The SMILES string of the molecule is CC(NC(=O)c1ccccc1CN1C(=O)CNC1=O)c1cc2ccccc2o1. The van der Waals surface area contributed by atoms with Crippen LogP contribution in [0.1, 0.15) is 34.6 Å². The molecule has 0 aliphatic carbocycles. The predicted molar refractivity (Wildman–Crippen MR) is 102 cm³/mol. The van der Waals surface area contributed by atoms with Gasteiger partial charge in [0.1, 0.15) is 11.3 Å². The summed E-state index contributed by atoms with van der Waals surface area (Å²) in [5.74, 6) is 0.0487. The number of urea groups is 1. The lowest BCUT2D eigenvalue weighted by molar-refractivity contribution is -0.125. The summed E-state index contributed by atoms with van der Waals surface area (Å²) >= 11 is 0. The van der Waals surface area contributed by atoms with Crippen molar-refractivity contribution >= 4 is 28.8 Å². The van der Waals surface area contributed by atoms with Gasteiger partial charge in [-0.1, -0.05) is 36.4 Å². The van der Waals surface area contributed by atoms with E-state index in [1.54, 1.807) is 24.3 Å². The topological polar surface area (TPSA) is 91.7 Å². The van der Waals surface area contributed by atoms with Crippen LogP contribution in [0.5, 0.6) is 0 Å². The van der Waals surface area contributed by atoms with Gasteiger partial charge < -0.3 is 15.1 Å². The maximum Gasteiger partial charge on any atom is 0.324 e. The van der Waals surface area contributed by atoms with Crippen LogP contribution in [0, 0.1) is 0 Å². The molecule has 2 N–H and O–H groups in total. The summed E-state index contributed by atoms with van der Waals surface area (Å²) in [7, 11) is 0. The van der Waals surface area contributed by atoms with Crippen LogP contribution in [0.4, 0.5) is 4.79 Å². The zero-order valence-corrected chi connectivity index (χ0v) is 15.3. The van der Waals surface area contributed by atoms with Gasteiger partial charge >= 0.3 is 6.03 Å².